The first-order valence-corrected chi connectivity index (χ1v) is 9.71. The molecule has 0 bridgehead atoms. The van der Waals surface area contributed by atoms with E-state index in [0.717, 1.165) is 5.56 Å². The molecule has 25 heavy (non-hydrogen) atoms. The van der Waals surface area contributed by atoms with Crippen molar-refractivity contribution in [2.75, 3.05) is 5.32 Å². The predicted molar refractivity (Wildman–Crippen MR) is 99.8 cm³/mol. The highest BCUT2D eigenvalue weighted by Gasteiger charge is 2.26. The maximum absolute atomic E-state index is 12.6. The summed E-state index contributed by atoms with van der Waals surface area (Å²) in [5.74, 6) is -0.206. The zero-order valence-electron chi connectivity index (χ0n) is 14.7. The van der Waals surface area contributed by atoms with Gasteiger partial charge in [0, 0.05) is 5.69 Å². The maximum Gasteiger partial charge on any atom is 0.242 e. The van der Waals surface area contributed by atoms with Crippen LogP contribution < -0.4 is 10.0 Å². The minimum atomic E-state index is -3.77. The van der Waals surface area contributed by atoms with E-state index in [2.05, 4.69) is 10.0 Å². The van der Waals surface area contributed by atoms with Gasteiger partial charge in [0.15, 0.2) is 0 Å². The normalized spacial score (nSPS) is 12.8. The number of nitrogens with one attached hydrogen (secondary N) is 2. The molecule has 2 N–H and O–H groups in total. The Morgan fingerprint density at radius 2 is 1.60 bits per heavy atom. The van der Waals surface area contributed by atoms with Crippen molar-refractivity contribution >= 4 is 21.6 Å². The summed E-state index contributed by atoms with van der Waals surface area (Å²) < 4.78 is 27.7. The third-order valence-corrected chi connectivity index (χ3v) is 5.18. The van der Waals surface area contributed by atoms with Crippen LogP contribution >= 0.6 is 0 Å². The monoisotopic (exact) mass is 360 g/mol. The summed E-state index contributed by atoms with van der Waals surface area (Å²) in [6, 6.07) is 14.7. The number of aryl methyl sites for hydroxylation is 1. The van der Waals surface area contributed by atoms with Crippen molar-refractivity contribution in [1.82, 2.24) is 4.72 Å². The van der Waals surface area contributed by atoms with Crippen molar-refractivity contribution in [3.8, 4) is 0 Å². The van der Waals surface area contributed by atoms with Crippen molar-refractivity contribution in [2.24, 2.45) is 5.92 Å². The fourth-order valence-electron chi connectivity index (χ4n) is 2.40. The molecule has 0 heterocycles. The van der Waals surface area contributed by atoms with Crippen LogP contribution in [0, 0.1) is 12.8 Å². The first kappa shape index (κ1) is 19.1. The van der Waals surface area contributed by atoms with Crippen molar-refractivity contribution in [2.45, 2.75) is 38.1 Å². The first-order chi connectivity index (χ1) is 11.8. The molecule has 0 spiro atoms. The van der Waals surface area contributed by atoms with Crippen LogP contribution in [0.5, 0.6) is 0 Å². The molecule has 0 saturated heterocycles. The maximum atomic E-state index is 12.6. The van der Waals surface area contributed by atoms with E-state index in [1.807, 2.05) is 39.0 Å². The number of sulfonamides is 1. The molecule has 0 aliphatic heterocycles. The van der Waals surface area contributed by atoms with Crippen LogP contribution in [0.25, 0.3) is 0 Å². The molecule has 0 radical (unpaired) electrons. The molecule has 134 valence electrons. The molecule has 0 aliphatic carbocycles. The lowest BCUT2D eigenvalue weighted by Gasteiger charge is -2.20. The molecule has 0 aliphatic rings. The fraction of sp³-hybridized carbons (Fsp3) is 0.316. The van der Waals surface area contributed by atoms with E-state index in [-0.39, 0.29) is 16.7 Å². The van der Waals surface area contributed by atoms with Gasteiger partial charge in [0.05, 0.1) is 4.90 Å². The van der Waals surface area contributed by atoms with Gasteiger partial charge in [-0.1, -0.05) is 49.7 Å². The summed E-state index contributed by atoms with van der Waals surface area (Å²) in [5, 5.41) is 2.76. The molecule has 1 amide bonds. The van der Waals surface area contributed by atoms with E-state index in [1.54, 1.807) is 36.4 Å². The van der Waals surface area contributed by atoms with Gasteiger partial charge in [-0.05, 0) is 43.5 Å². The Kier molecular flexibility index (Phi) is 6.33. The van der Waals surface area contributed by atoms with Gasteiger partial charge in [-0.3, -0.25) is 4.79 Å². The lowest BCUT2D eigenvalue weighted by Crippen LogP contribution is -2.44. The summed E-state index contributed by atoms with van der Waals surface area (Å²) >= 11 is 0. The largest absolute Gasteiger partial charge is 0.325 e. The van der Waals surface area contributed by atoms with E-state index >= 15 is 0 Å². The average molecular weight is 360 g/mol. The van der Waals surface area contributed by atoms with Crippen molar-refractivity contribution in [1.29, 1.82) is 0 Å². The van der Waals surface area contributed by atoms with Gasteiger partial charge >= 0.3 is 0 Å². The number of anilines is 1. The highest BCUT2D eigenvalue weighted by atomic mass is 32.2. The van der Waals surface area contributed by atoms with E-state index in [0.29, 0.717) is 12.1 Å². The topological polar surface area (TPSA) is 75.3 Å². The molecule has 6 heteroatoms. The summed E-state index contributed by atoms with van der Waals surface area (Å²) in [7, 11) is -3.77. The number of carbonyl (C=O) groups is 1. The number of hydrogen-bond acceptors (Lipinski definition) is 3. The summed E-state index contributed by atoms with van der Waals surface area (Å²) in [5.41, 5.74) is 1.61. The van der Waals surface area contributed by atoms with Crippen molar-refractivity contribution < 1.29 is 13.2 Å². The smallest absolute Gasteiger partial charge is 0.242 e. The third kappa shape index (κ3) is 5.69. The highest BCUT2D eigenvalue weighted by molar-refractivity contribution is 7.89. The SMILES string of the molecule is Cc1ccc(S(=O)(=O)N[C@@H](CC(C)C)C(=O)Nc2ccccc2)cc1. The van der Waals surface area contributed by atoms with Gasteiger partial charge < -0.3 is 5.32 Å². The molecule has 1 atom stereocenters. The van der Waals surface area contributed by atoms with Gasteiger partial charge in [0.25, 0.3) is 0 Å². The Balaban J connectivity index is 2.19. The summed E-state index contributed by atoms with van der Waals surface area (Å²) in [6.07, 6.45) is 0.407. The summed E-state index contributed by atoms with van der Waals surface area (Å²) in [6.45, 7) is 5.78. The highest BCUT2D eigenvalue weighted by Crippen LogP contribution is 2.15. The lowest BCUT2D eigenvalue weighted by molar-refractivity contribution is -0.118. The number of para-hydroxylation sites is 1. The van der Waals surface area contributed by atoms with Gasteiger partial charge in [0.1, 0.15) is 6.04 Å². The van der Waals surface area contributed by atoms with Crippen LogP contribution in [0.4, 0.5) is 5.69 Å². The molecule has 5 nitrogen and oxygen atoms in total. The number of rotatable bonds is 7. The zero-order chi connectivity index (χ0) is 18.4. The Morgan fingerprint density at radius 1 is 1.00 bits per heavy atom. The standard InChI is InChI=1S/C19H24N2O3S/c1-14(2)13-18(19(22)20-16-7-5-4-6-8-16)21-25(23,24)17-11-9-15(3)10-12-17/h4-12,14,18,21H,13H2,1-3H3,(H,20,22)/t18-/m0/s1. The van der Waals surface area contributed by atoms with Gasteiger partial charge in [0.2, 0.25) is 15.9 Å². The summed E-state index contributed by atoms with van der Waals surface area (Å²) in [4.78, 5) is 12.7. The molecular formula is C19H24N2O3S. The molecule has 2 aromatic rings. The number of amides is 1. The Morgan fingerprint density at radius 3 is 2.16 bits per heavy atom. The second kappa shape index (κ2) is 8.27. The first-order valence-electron chi connectivity index (χ1n) is 8.23. The van der Waals surface area contributed by atoms with Crippen molar-refractivity contribution in [3.05, 3.63) is 60.2 Å². The second-order valence-corrected chi connectivity index (χ2v) is 8.19. The Bertz CT molecular complexity index is 800. The fourth-order valence-corrected chi connectivity index (χ4v) is 3.61. The molecule has 2 aromatic carbocycles. The van der Waals surface area contributed by atoms with Crippen molar-refractivity contribution in [3.63, 3.8) is 0 Å². The number of hydrogen-bond donors (Lipinski definition) is 2. The zero-order valence-corrected chi connectivity index (χ0v) is 15.5. The lowest BCUT2D eigenvalue weighted by atomic mass is 10.0. The molecule has 0 unspecified atom stereocenters. The molecule has 0 aromatic heterocycles. The second-order valence-electron chi connectivity index (χ2n) is 6.47. The Hall–Kier alpha value is -2.18. The van der Waals surface area contributed by atoms with Gasteiger partial charge in [-0.25, -0.2) is 8.42 Å². The Labute approximate surface area is 149 Å². The molecular weight excluding hydrogens is 336 g/mol. The third-order valence-electron chi connectivity index (χ3n) is 3.69. The quantitative estimate of drug-likeness (QED) is 0.795. The van der Waals surface area contributed by atoms with Crippen LogP contribution in [0.2, 0.25) is 0 Å². The predicted octanol–water partition coefficient (Wildman–Crippen LogP) is 3.33. The molecule has 0 saturated carbocycles. The van der Waals surface area contributed by atoms with Crippen LogP contribution in [0.3, 0.4) is 0 Å². The van der Waals surface area contributed by atoms with Gasteiger partial charge in [-0.2, -0.15) is 4.72 Å². The van der Waals surface area contributed by atoms with Crippen LogP contribution in [0.15, 0.2) is 59.5 Å². The minimum Gasteiger partial charge on any atom is -0.325 e. The van der Waals surface area contributed by atoms with E-state index in [1.165, 1.54) is 0 Å². The van der Waals surface area contributed by atoms with Gasteiger partial charge in [-0.15, -0.1) is 0 Å². The van der Waals surface area contributed by atoms with E-state index < -0.39 is 16.1 Å². The minimum absolute atomic E-state index is 0.152. The van der Waals surface area contributed by atoms with E-state index in [4.69, 9.17) is 0 Å². The average Bonchev–Trinajstić information content (AvgIpc) is 2.55. The molecule has 0 fully saturated rings. The van der Waals surface area contributed by atoms with Crippen LogP contribution in [-0.2, 0) is 14.8 Å². The van der Waals surface area contributed by atoms with Crippen LogP contribution in [0.1, 0.15) is 25.8 Å². The molecule has 2 rings (SSSR count). The number of benzene rings is 2. The van der Waals surface area contributed by atoms with Crippen LogP contribution in [-0.4, -0.2) is 20.4 Å². The van der Waals surface area contributed by atoms with E-state index in [9.17, 15) is 13.2 Å². The number of carbonyl (C=O) groups excluding carboxylic acids is 1.